The fraction of sp³-hybridized carbons (Fsp3) is 0.0500. The largest absolute Gasteiger partial charge is 0.309 e. The van der Waals surface area contributed by atoms with Crippen molar-refractivity contribution in [2.45, 2.75) is 10.8 Å². The molecule has 2 aliphatic rings. The molecule has 212 valence electrons. The van der Waals surface area contributed by atoms with Gasteiger partial charge < -0.3 is 4.90 Å². The van der Waals surface area contributed by atoms with E-state index < -0.39 is 10.8 Å². The number of para-hydroxylation sites is 3. The number of benzene rings is 3. The van der Waals surface area contributed by atoms with Crippen LogP contribution >= 0.6 is 0 Å². The summed E-state index contributed by atoms with van der Waals surface area (Å²) in [5.74, 6) is 0. The summed E-state index contributed by atoms with van der Waals surface area (Å²) in [6.45, 7) is 0. The van der Waals surface area contributed by atoms with Crippen molar-refractivity contribution in [2.24, 2.45) is 0 Å². The maximum atomic E-state index is 5.06. The number of fused-ring (bicyclic) bond motifs is 4. The van der Waals surface area contributed by atoms with Gasteiger partial charge in [0.15, 0.2) is 0 Å². The zero-order valence-corrected chi connectivity index (χ0v) is 24.3. The van der Waals surface area contributed by atoms with Crippen LogP contribution in [0, 0.1) is 0 Å². The molecule has 0 bridgehead atoms. The highest BCUT2D eigenvalue weighted by Gasteiger charge is 2.55. The highest BCUT2D eigenvalue weighted by Crippen LogP contribution is 2.64. The Morgan fingerprint density at radius 2 is 0.667 bits per heavy atom. The Labute approximate surface area is 261 Å². The van der Waals surface area contributed by atoms with E-state index in [2.05, 4.69) is 120 Å². The lowest BCUT2D eigenvalue weighted by Crippen LogP contribution is -2.45. The molecule has 2 aliphatic heterocycles. The Kier molecular flexibility index (Phi) is 5.56. The minimum atomic E-state index is -0.785. The molecule has 0 saturated carbocycles. The Hall–Kier alpha value is -5.94. The molecule has 0 atom stereocenters. The minimum Gasteiger partial charge on any atom is -0.309 e. The van der Waals surface area contributed by atoms with Crippen molar-refractivity contribution in [2.75, 3.05) is 4.90 Å². The normalized spacial score (nSPS) is 15.0. The molecule has 7 aromatic rings. The van der Waals surface area contributed by atoms with Gasteiger partial charge in [0.2, 0.25) is 0 Å². The topological polar surface area (TPSA) is 54.8 Å². The molecule has 9 rings (SSSR count). The number of nitrogens with zero attached hydrogens (tertiary/aromatic N) is 5. The van der Waals surface area contributed by atoms with E-state index in [0.717, 1.165) is 62.1 Å². The second kappa shape index (κ2) is 9.79. The van der Waals surface area contributed by atoms with Gasteiger partial charge in [-0.25, -0.2) is 0 Å². The van der Waals surface area contributed by atoms with Crippen LogP contribution in [0.2, 0.25) is 0 Å². The van der Waals surface area contributed by atoms with Crippen LogP contribution in [0.1, 0.15) is 45.0 Å². The predicted molar refractivity (Wildman–Crippen MR) is 176 cm³/mol. The third-order valence-corrected chi connectivity index (χ3v) is 9.36. The second-order valence-corrected chi connectivity index (χ2v) is 11.4. The highest BCUT2D eigenvalue weighted by atomic mass is 15.2. The van der Waals surface area contributed by atoms with E-state index in [1.165, 1.54) is 0 Å². The average molecular weight is 578 g/mol. The predicted octanol–water partition coefficient (Wildman–Crippen LogP) is 8.13. The molecule has 4 aromatic heterocycles. The lowest BCUT2D eigenvalue weighted by atomic mass is 9.60. The van der Waals surface area contributed by atoms with Gasteiger partial charge in [0, 0.05) is 24.8 Å². The molecule has 3 aromatic carbocycles. The summed E-state index contributed by atoms with van der Waals surface area (Å²) in [7, 11) is 0. The van der Waals surface area contributed by atoms with Crippen molar-refractivity contribution < 1.29 is 0 Å². The first-order chi connectivity index (χ1) is 22.4. The fourth-order valence-corrected chi connectivity index (χ4v) is 7.73. The first-order valence-electron chi connectivity index (χ1n) is 15.2. The monoisotopic (exact) mass is 577 g/mol. The third kappa shape index (κ3) is 3.32. The molecule has 0 amide bonds. The van der Waals surface area contributed by atoms with E-state index in [0.29, 0.717) is 0 Å². The molecular formula is C40H27N5. The van der Waals surface area contributed by atoms with Crippen molar-refractivity contribution in [3.8, 4) is 0 Å². The number of hydrogen-bond donors (Lipinski definition) is 0. The molecule has 0 aliphatic carbocycles. The molecule has 0 unspecified atom stereocenters. The minimum absolute atomic E-state index is 0.785. The van der Waals surface area contributed by atoms with Gasteiger partial charge in [-0.2, -0.15) is 0 Å². The van der Waals surface area contributed by atoms with Gasteiger partial charge >= 0.3 is 0 Å². The summed E-state index contributed by atoms with van der Waals surface area (Å²) in [5.41, 5.74) is 9.89. The number of pyridine rings is 4. The molecule has 6 heterocycles. The van der Waals surface area contributed by atoms with Gasteiger partial charge in [0.05, 0.1) is 39.8 Å². The molecule has 45 heavy (non-hydrogen) atoms. The number of rotatable bonds is 4. The Morgan fingerprint density at radius 1 is 0.333 bits per heavy atom. The number of anilines is 3. The van der Waals surface area contributed by atoms with Crippen LogP contribution in [0.3, 0.4) is 0 Å². The second-order valence-electron chi connectivity index (χ2n) is 11.4. The molecule has 0 fully saturated rings. The molecule has 0 spiro atoms. The van der Waals surface area contributed by atoms with Gasteiger partial charge in [-0.15, -0.1) is 0 Å². The van der Waals surface area contributed by atoms with Crippen LogP contribution in [0.4, 0.5) is 17.1 Å². The summed E-state index contributed by atoms with van der Waals surface area (Å²) >= 11 is 0. The van der Waals surface area contributed by atoms with E-state index in [9.17, 15) is 0 Å². The van der Waals surface area contributed by atoms with Crippen LogP contribution in [0.5, 0.6) is 0 Å². The maximum Gasteiger partial charge on any atom is 0.108 e. The van der Waals surface area contributed by atoms with Gasteiger partial charge in [-0.1, -0.05) is 78.9 Å². The molecule has 0 radical (unpaired) electrons. The van der Waals surface area contributed by atoms with E-state index in [1.807, 2.05) is 49.1 Å². The fourth-order valence-electron chi connectivity index (χ4n) is 7.73. The van der Waals surface area contributed by atoms with E-state index in [1.54, 1.807) is 0 Å². The number of aromatic nitrogens is 4. The average Bonchev–Trinajstić information content (AvgIpc) is 3.13. The van der Waals surface area contributed by atoms with Crippen LogP contribution < -0.4 is 4.90 Å². The molecule has 0 N–H and O–H groups in total. The first kappa shape index (κ1) is 25.5. The van der Waals surface area contributed by atoms with Crippen LogP contribution in [-0.4, -0.2) is 19.9 Å². The molecular weight excluding hydrogens is 550 g/mol. The summed E-state index contributed by atoms with van der Waals surface area (Å²) in [5, 5.41) is 0. The summed E-state index contributed by atoms with van der Waals surface area (Å²) in [6, 6.07) is 48.7. The van der Waals surface area contributed by atoms with Crippen LogP contribution in [0.25, 0.3) is 0 Å². The Bertz CT molecular complexity index is 1930. The first-order valence-corrected chi connectivity index (χ1v) is 15.2. The molecule has 0 saturated heterocycles. The van der Waals surface area contributed by atoms with Gasteiger partial charge in [0.25, 0.3) is 0 Å². The quantitative estimate of drug-likeness (QED) is 0.211. The van der Waals surface area contributed by atoms with E-state index in [-0.39, 0.29) is 0 Å². The van der Waals surface area contributed by atoms with E-state index >= 15 is 0 Å². The lowest BCUT2D eigenvalue weighted by molar-refractivity contribution is 0.643. The Morgan fingerprint density at radius 3 is 1.02 bits per heavy atom. The van der Waals surface area contributed by atoms with Crippen molar-refractivity contribution in [1.29, 1.82) is 0 Å². The Balaban J connectivity index is 1.52. The zero-order chi connectivity index (χ0) is 29.8. The molecule has 5 nitrogen and oxygen atoms in total. The third-order valence-electron chi connectivity index (χ3n) is 9.36. The lowest BCUT2D eigenvalue weighted by Gasteiger charge is -2.51. The standard InChI is InChI=1S/C40H27N5/c1-3-18-32-28(14-1)39(34-20-5-9-24-41-34,35-21-6-10-25-42-35)30-16-13-17-31-38(30)45(32)33-19-4-2-15-29(33)40(31,36-22-7-11-26-43-36)37-23-8-12-27-44-37/h1-27H. The summed E-state index contributed by atoms with van der Waals surface area (Å²) in [4.78, 5) is 22.7. The summed E-state index contributed by atoms with van der Waals surface area (Å²) < 4.78 is 0. The van der Waals surface area contributed by atoms with Gasteiger partial charge in [-0.3, -0.25) is 19.9 Å². The van der Waals surface area contributed by atoms with Crippen LogP contribution in [-0.2, 0) is 10.8 Å². The van der Waals surface area contributed by atoms with Gasteiger partial charge in [-0.05, 0) is 82.9 Å². The zero-order valence-electron chi connectivity index (χ0n) is 24.3. The highest BCUT2D eigenvalue weighted by molar-refractivity contribution is 5.96. The number of hydrogen-bond acceptors (Lipinski definition) is 5. The van der Waals surface area contributed by atoms with E-state index in [4.69, 9.17) is 19.9 Å². The van der Waals surface area contributed by atoms with Crippen molar-refractivity contribution in [3.05, 3.63) is 209 Å². The summed E-state index contributed by atoms with van der Waals surface area (Å²) in [6.07, 6.45) is 7.52. The van der Waals surface area contributed by atoms with Crippen molar-refractivity contribution in [3.63, 3.8) is 0 Å². The molecule has 5 heteroatoms. The SMILES string of the molecule is c1ccc(C2(c3ccccn3)c3ccccc3N3c4ccccc4C(c4ccccn4)(c4ccccn4)c4cccc2c43)nc1. The van der Waals surface area contributed by atoms with Crippen molar-refractivity contribution >= 4 is 17.1 Å². The van der Waals surface area contributed by atoms with Crippen molar-refractivity contribution in [1.82, 2.24) is 19.9 Å². The maximum absolute atomic E-state index is 5.06. The smallest absolute Gasteiger partial charge is 0.108 e. The van der Waals surface area contributed by atoms with Gasteiger partial charge in [0.1, 0.15) is 10.8 Å². The van der Waals surface area contributed by atoms with Crippen LogP contribution in [0.15, 0.2) is 164 Å².